The van der Waals surface area contributed by atoms with Crippen LogP contribution < -0.4 is 5.56 Å². The van der Waals surface area contributed by atoms with Crippen molar-refractivity contribution in [3.8, 4) is 5.69 Å². The molecule has 0 bridgehead atoms. The van der Waals surface area contributed by atoms with Crippen LogP contribution in [-0.4, -0.2) is 24.3 Å². The van der Waals surface area contributed by atoms with Gasteiger partial charge in [-0.15, -0.1) is 0 Å². The summed E-state index contributed by atoms with van der Waals surface area (Å²) in [5.74, 6) is 0. The van der Waals surface area contributed by atoms with Gasteiger partial charge in [-0.25, -0.2) is 9.67 Å². The number of hydrogen-bond donors (Lipinski definition) is 0. The Hall–Kier alpha value is -3.81. The Morgan fingerprint density at radius 3 is 2.71 bits per heavy atom. The van der Waals surface area contributed by atoms with Crippen molar-refractivity contribution >= 4 is 16.7 Å². The van der Waals surface area contributed by atoms with Gasteiger partial charge in [0.1, 0.15) is 17.4 Å². The van der Waals surface area contributed by atoms with Gasteiger partial charge in [0.25, 0.3) is 11.2 Å². The number of fused-ring (bicyclic) bond motifs is 1. The second kappa shape index (κ2) is 6.73. The molecule has 0 atom stereocenters. The molecule has 0 aliphatic heterocycles. The lowest BCUT2D eigenvalue weighted by Gasteiger charge is -2.10. The number of rotatable bonds is 4. The molecule has 0 unspecified atom stereocenters. The molecule has 2 aromatic carbocycles. The van der Waals surface area contributed by atoms with Crippen LogP contribution in [0, 0.1) is 24.0 Å². The van der Waals surface area contributed by atoms with Crippen molar-refractivity contribution in [2.45, 2.75) is 20.4 Å². The minimum Gasteiger partial charge on any atom is -0.294 e. The first kappa shape index (κ1) is 17.6. The van der Waals surface area contributed by atoms with E-state index in [1.165, 1.54) is 27.8 Å². The van der Waals surface area contributed by atoms with E-state index >= 15 is 0 Å². The fourth-order valence-electron chi connectivity index (χ4n) is 3.19. The Morgan fingerprint density at radius 1 is 1.14 bits per heavy atom. The molecule has 0 aliphatic rings. The number of aromatic nitrogens is 4. The third-order valence-electron chi connectivity index (χ3n) is 4.71. The van der Waals surface area contributed by atoms with Crippen molar-refractivity contribution in [2.75, 3.05) is 0 Å². The lowest BCUT2D eigenvalue weighted by Crippen LogP contribution is -2.21. The van der Waals surface area contributed by atoms with E-state index in [-0.39, 0.29) is 22.6 Å². The maximum absolute atomic E-state index is 12.9. The van der Waals surface area contributed by atoms with E-state index in [4.69, 9.17) is 0 Å². The van der Waals surface area contributed by atoms with Crippen LogP contribution in [0.2, 0.25) is 0 Å². The summed E-state index contributed by atoms with van der Waals surface area (Å²) in [4.78, 5) is 28.1. The highest BCUT2D eigenvalue weighted by Crippen LogP contribution is 2.24. The zero-order valence-corrected chi connectivity index (χ0v) is 15.4. The van der Waals surface area contributed by atoms with Crippen LogP contribution in [0.15, 0.2) is 59.8 Å². The van der Waals surface area contributed by atoms with Gasteiger partial charge in [-0.05, 0) is 31.0 Å². The largest absolute Gasteiger partial charge is 0.294 e. The maximum atomic E-state index is 12.9. The smallest absolute Gasteiger partial charge is 0.294 e. The molecule has 4 rings (SSSR count). The predicted octanol–water partition coefficient (Wildman–Crippen LogP) is 3.16. The van der Waals surface area contributed by atoms with E-state index in [1.54, 1.807) is 18.2 Å². The molecule has 2 heterocycles. The molecular formula is C20H17N5O3. The fourth-order valence-corrected chi connectivity index (χ4v) is 3.19. The highest BCUT2D eigenvalue weighted by molar-refractivity contribution is 5.76. The van der Waals surface area contributed by atoms with Crippen LogP contribution >= 0.6 is 0 Å². The second-order valence-corrected chi connectivity index (χ2v) is 6.65. The highest BCUT2D eigenvalue weighted by atomic mass is 16.6. The van der Waals surface area contributed by atoms with Crippen LogP contribution in [0.4, 0.5) is 5.69 Å². The van der Waals surface area contributed by atoms with Gasteiger partial charge in [0.2, 0.25) is 0 Å². The van der Waals surface area contributed by atoms with Gasteiger partial charge >= 0.3 is 0 Å². The quantitative estimate of drug-likeness (QED) is 0.403. The van der Waals surface area contributed by atoms with E-state index in [9.17, 15) is 14.9 Å². The predicted molar refractivity (Wildman–Crippen MR) is 105 cm³/mol. The first-order chi connectivity index (χ1) is 13.5. The summed E-state index contributed by atoms with van der Waals surface area (Å²) in [5, 5.41) is 15.8. The van der Waals surface area contributed by atoms with E-state index in [1.807, 2.05) is 32.0 Å². The number of hydrogen-bond acceptors (Lipinski definition) is 5. The fraction of sp³-hybridized carbons (Fsp3) is 0.150. The molecule has 0 fully saturated rings. The van der Waals surface area contributed by atoms with E-state index in [2.05, 4.69) is 10.1 Å². The Kier molecular flexibility index (Phi) is 4.23. The molecule has 0 spiro atoms. The molecule has 0 aliphatic carbocycles. The normalized spacial score (nSPS) is 11.1. The van der Waals surface area contributed by atoms with Gasteiger partial charge in [-0.2, -0.15) is 5.10 Å². The van der Waals surface area contributed by atoms with Gasteiger partial charge in [0.05, 0.1) is 17.7 Å². The van der Waals surface area contributed by atoms with Crippen molar-refractivity contribution in [3.63, 3.8) is 0 Å². The average Bonchev–Trinajstić information content (AvgIpc) is 3.11. The van der Waals surface area contributed by atoms with Crippen molar-refractivity contribution in [1.82, 2.24) is 19.3 Å². The summed E-state index contributed by atoms with van der Waals surface area (Å²) in [6, 6.07) is 12.3. The first-order valence-corrected chi connectivity index (χ1v) is 8.69. The van der Waals surface area contributed by atoms with E-state index in [0.717, 1.165) is 16.7 Å². The number of nitrogens with zero attached hydrogens (tertiary/aromatic N) is 5. The average molecular weight is 375 g/mol. The van der Waals surface area contributed by atoms with Gasteiger partial charge < -0.3 is 0 Å². The summed E-state index contributed by atoms with van der Waals surface area (Å²) in [6.07, 6.45) is 2.86. The summed E-state index contributed by atoms with van der Waals surface area (Å²) in [6.45, 7) is 4.40. The second-order valence-electron chi connectivity index (χ2n) is 6.65. The highest BCUT2D eigenvalue weighted by Gasteiger charge is 2.19. The third kappa shape index (κ3) is 2.94. The van der Waals surface area contributed by atoms with E-state index in [0.29, 0.717) is 11.9 Å². The number of nitro groups is 1. The SMILES string of the molecule is Cc1ccc(C)c(Cn2cnc3c(cnn3-c3ccccc3[N+](=O)[O-])c2=O)c1. The molecule has 8 nitrogen and oxygen atoms in total. The lowest BCUT2D eigenvalue weighted by molar-refractivity contribution is -0.384. The van der Waals surface area contributed by atoms with Crippen molar-refractivity contribution in [2.24, 2.45) is 0 Å². The minimum absolute atomic E-state index is 0.103. The molecular weight excluding hydrogens is 358 g/mol. The first-order valence-electron chi connectivity index (χ1n) is 8.69. The van der Waals surface area contributed by atoms with Crippen molar-refractivity contribution < 1.29 is 4.92 Å². The van der Waals surface area contributed by atoms with Crippen LogP contribution in [-0.2, 0) is 6.54 Å². The number of nitro benzene ring substituents is 1. The summed E-state index contributed by atoms with van der Waals surface area (Å²) in [7, 11) is 0. The zero-order chi connectivity index (χ0) is 19.8. The number of para-hydroxylation sites is 2. The van der Waals surface area contributed by atoms with Crippen molar-refractivity contribution in [1.29, 1.82) is 0 Å². The van der Waals surface area contributed by atoms with Crippen LogP contribution in [0.25, 0.3) is 16.7 Å². The Bertz CT molecular complexity index is 1270. The van der Waals surface area contributed by atoms with Gasteiger partial charge in [-0.1, -0.05) is 35.9 Å². The minimum atomic E-state index is -0.482. The van der Waals surface area contributed by atoms with Gasteiger partial charge in [0, 0.05) is 6.07 Å². The van der Waals surface area contributed by atoms with Gasteiger partial charge in [0.15, 0.2) is 5.65 Å². The molecule has 28 heavy (non-hydrogen) atoms. The lowest BCUT2D eigenvalue weighted by atomic mass is 10.1. The molecule has 0 radical (unpaired) electrons. The monoisotopic (exact) mass is 375 g/mol. The summed E-state index contributed by atoms with van der Waals surface area (Å²) < 4.78 is 2.85. The topological polar surface area (TPSA) is 95.8 Å². The molecule has 0 N–H and O–H groups in total. The molecule has 4 aromatic rings. The number of benzene rings is 2. The molecule has 2 aromatic heterocycles. The summed E-state index contributed by atoms with van der Waals surface area (Å²) >= 11 is 0. The van der Waals surface area contributed by atoms with Crippen LogP contribution in [0.3, 0.4) is 0 Å². The third-order valence-corrected chi connectivity index (χ3v) is 4.71. The molecule has 8 heteroatoms. The number of aryl methyl sites for hydroxylation is 2. The maximum Gasteiger partial charge on any atom is 0.294 e. The van der Waals surface area contributed by atoms with Crippen LogP contribution in [0.1, 0.15) is 16.7 Å². The van der Waals surface area contributed by atoms with Crippen molar-refractivity contribution in [3.05, 3.63) is 92.1 Å². The standard InChI is InChI=1S/C20H17N5O3/c1-13-7-8-14(2)15(9-13)11-23-12-21-19-16(20(23)26)10-22-24(19)17-5-3-4-6-18(17)25(27)28/h3-10,12H,11H2,1-2H3. The Labute approximate surface area is 159 Å². The Balaban J connectivity index is 1.82. The Morgan fingerprint density at radius 2 is 1.93 bits per heavy atom. The summed E-state index contributed by atoms with van der Waals surface area (Å²) in [5.41, 5.74) is 3.46. The van der Waals surface area contributed by atoms with Crippen LogP contribution in [0.5, 0.6) is 0 Å². The zero-order valence-electron chi connectivity index (χ0n) is 15.4. The molecule has 0 amide bonds. The molecule has 140 valence electrons. The molecule has 0 saturated heterocycles. The molecule has 0 saturated carbocycles. The van der Waals surface area contributed by atoms with Gasteiger partial charge in [-0.3, -0.25) is 19.5 Å². The van der Waals surface area contributed by atoms with E-state index < -0.39 is 4.92 Å².